The molecule has 1 atom stereocenters. The Morgan fingerprint density at radius 1 is 1.55 bits per heavy atom. The van der Waals surface area contributed by atoms with Gasteiger partial charge in [-0.1, -0.05) is 0 Å². The molecule has 0 saturated carbocycles. The van der Waals surface area contributed by atoms with Gasteiger partial charge in [-0.15, -0.1) is 0 Å². The lowest BCUT2D eigenvalue weighted by molar-refractivity contribution is 0.0635. The van der Waals surface area contributed by atoms with Crippen LogP contribution in [0.5, 0.6) is 0 Å². The molecule has 0 radical (unpaired) electrons. The van der Waals surface area contributed by atoms with E-state index in [1.54, 1.807) is 6.20 Å². The van der Waals surface area contributed by atoms with Crippen molar-refractivity contribution in [2.45, 2.75) is 45.4 Å². The lowest BCUT2D eigenvalue weighted by Crippen LogP contribution is -2.31. The molecule has 4 N–H and O–H groups in total. The van der Waals surface area contributed by atoms with Gasteiger partial charge in [0.15, 0.2) is 0 Å². The van der Waals surface area contributed by atoms with E-state index in [1.165, 1.54) is 0 Å². The van der Waals surface area contributed by atoms with Gasteiger partial charge in [0.25, 0.3) is 0 Å². The molecule has 1 amide bonds. The second-order valence-electron chi connectivity index (χ2n) is 5.97. The number of carbonyl (C=O) groups excluding carboxylic acids is 1. The van der Waals surface area contributed by atoms with Gasteiger partial charge in [0, 0.05) is 24.7 Å². The third kappa shape index (κ3) is 4.50. The molecule has 1 aliphatic rings. The lowest BCUT2D eigenvalue weighted by Gasteiger charge is -2.19. The van der Waals surface area contributed by atoms with E-state index >= 15 is 0 Å². The number of rotatable bonds is 4. The van der Waals surface area contributed by atoms with Crippen LogP contribution in [0.2, 0.25) is 0 Å². The average molecular weight is 281 g/mol. The Labute approximate surface area is 118 Å². The molecular weight excluding hydrogens is 258 g/mol. The predicted molar refractivity (Wildman–Crippen MR) is 76.6 cm³/mol. The van der Waals surface area contributed by atoms with Crippen LogP contribution in [0.3, 0.4) is 0 Å². The monoisotopic (exact) mass is 281 g/mol. The van der Waals surface area contributed by atoms with E-state index in [-0.39, 0.29) is 0 Å². The highest BCUT2D eigenvalue weighted by molar-refractivity contribution is 5.84. The molecule has 7 heteroatoms. The first kappa shape index (κ1) is 14.8. The van der Waals surface area contributed by atoms with Gasteiger partial charge in [0.2, 0.25) is 0 Å². The van der Waals surface area contributed by atoms with Crippen LogP contribution in [-0.4, -0.2) is 41.0 Å². The maximum atomic E-state index is 11.7. The molecule has 20 heavy (non-hydrogen) atoms. The van der Waals surface area contributed by atoms with E-state index in [0.29, 0.717) is 18.4 Å². The number of amides is 1. The van der Waals surface area contributed by atoms with Crippen molar-refractivity contribution in [2.24, 2.45) is 0 Å². The fraction of sp³-hybridized carbons (Fsp3) is 0.692. The first-order valence-electron chi connectivity index (χ1n) is 6.90. The summed E-state index contributed by atoms with van der Waals surface area (Å²) in [6, 6.07) is 0.472. The van der Waals surface area contributed by atoms with Crippen LogP contribution in [0.15, 0.2) is 6.20 Å². The summed E-state index contributed by atoms with van der Waals surface area (Å²) in [5, 5.41) is 16.2. The summed E-state index contributed by atoms with van der Waals surface area (Å²) >= 11 is 0. The van der Waals surface area contributed by atoms with Gasteiger partial charge in [0.1, 0.15) is 11.4 Å². The molecule has 0 aliphatic carbocycles. The van der Waals surface area contributed by atoms with Gasteiger partial charge in [0.05, 0.1) is 6.20 Å². The SMILES string of the molecule is CC(C)(C)OC(=O)Nc1[nH]ncc1CNC1CCNC1. The van der Waals surface area contributed by atoms with Crippen molar-refractivity contribution >= 4 is 11.9 Å². The Morgan fingerprint density at radius 3 is 3.00 bits per heavy atom. The van der Waals surface area contributed by atoms with Gasteiger partial charge < -0.3 is 15.4 Å². The van der Waals surface area contributed by atoms with Crippen LogP contribution in [-0.2, 0) is 11.3 Å². The molecule has 2 rings (SSSR count). The van der Waals surface area contributed by atoms with E-state index in [0.717, 1.165) is 25.1 Å². The van der Waals surface area contributed by atoms with E-state index in [2.05, 4.69) is 26.1 Å². The third-order valence-corrected chi connectivity index (χ3v) is 2.99. The molecule has 0 bridgehead atoms. The van der Waals surface area contributed by atoms with Crippen molar-refractivity contribution in [1.29, 1.82) is 0 Å². The molecule has 2 heterocycles. The molecule has 7 nitrogen and oxygen atoms in total. The van der Waals surface area contributed by atoms with E-state index in [9.17, 15) is 4.79 Å². The topological polar surface area (TPSA) is 91.1 Å². The minimum absolute atomic E-state index is 0.472. The van der Waals surface area contributed by atoms with E-state index in [1.807, 2.05) is 20.8 Å². The Morgan fingerprint density at radius 2 is 2.35 bits per heavy atom. The Balaban J connectivity index is 1.86. The molecule has 1 fully saturated rings. The number of carbonyl (C=O) groups is 1. The molecule has 0 spiro atoms. The quantitative estimate of drug-likeness (QED) is 0.666. The fourth-order valence-electron chi connectivity index (χ4n) is 2.04. The second kappa shape index (κ2) is 6.23. The number of hydrogen-bond acceptors (Lipinski definition) is 5. The standard InChI is InChI=1S/C13H23N5O2/c1-13(2,3)20-12(19)17-11-9(7-16-18-11)6-15-10-4-5-14-8-10/h7,10,14-15H,4-6,8H2,1-3H3,(H2,16,17,18,19). The van der Waals surface area contributed by atoms with Crippen molar-refractivity contribution in [3.8, 4) is 0 Å². The summed E-state index contributed by atoms with van der Waals surface area (Å²) in [6.45, 7) is 8.17. The highest BCUT2D eigenvalue weighted by atomic mass is 16.6. The van der Waals surface area contributed by atoms with Gasteiger partial charge in [-0.05, 0) is 33.7 Å². The minimum Gasteiger partial charge on any atom is -0.444 e. The predicted octanol–water partition coefficient (Wildman–Crippen LogP) is 1.21. The largest absolute Gasteiger partial charge is 0.444 e. The first-order chi connectivity index (χ1) is 9.44. The number of H-pyrrole nitrogens is 1. The highest BCUT2D eigenvalue weighted by Gasteiger charge is 2.19. The number of nitrogens with zero attached hydrogens (tertiary/aromatic N) is 1. The van der Waals surface area contributed by atoms with Crippen molar-refractivity contribution in [2.75, 3.05) is 18.4 Å². The van der Waals surface area contributed by atoms with Gasteiger partial charge in [-0.3, -0.25) is 10.4 Å². The smallest absolute Gasteiger partial charge is 0.413 e. The first-order valence-corrected chi connectivity index (χ1v) is 6.90. The van der Waals surface area contributed by atoms with Crippen LogP contribution < -0.4 is 16.0 Å². The summed E-state index contributed by atoms with van der Waals surface area (Å²) in [6.07, 6.45) is 2.35. The number of aromatic amines is 1. The fourth-order valence-corrected chi connectivity index (χ4v) is 2.04. The van der Waals surface area contributed by atoms with Crippen molar-refractivity contribution in [3.63, 3.8) is 0 Å². The molecule has 1 aliphatic heterocycles. The summed E-state index contributed by atoms with van der Waals surface area (Å²) in [7, 11) is 0. The van der Waals surface area contributed by atoms with Crippen LogP contribution in [0, 0.1) is 0 Å². The second-order valence-corrected chi connectivity index (χ2v) is 5.97. The average Bonchev–Trinajstić information content (AvgIpc) is 2.94. The van der Waals surface area contributed by atoms with Gasteiger partial charge in [-0.2, -0.15) is 5.10 Å². The Bertz CT molecular complexity index is 446. The number of ether oxygens (including phenoxy) is 1. The normalized spacial score (nSPS) is 19.1. The molecule has 1 saturated heterocycles. The highest BCUT2D eigenvalue weighted by Crippen LogP contribution is 2.14. The zero-order valence-electron chi connectivity index (χ0n) is 12.2. The molecule has 1 aromatic heterocycles. The van der Waals surface area contributed by atoms with Crippen molar-refractivity contribution < 1.29 is 9.53 Å². The summed E-state index contributed by atoms with van der Waals surface area (Å²) in [4.78, 5) is 11.7. The summed E-state index contributed by atoms with van der Waals surface area (Å²) in [5.74, 6) is 0.581. The maximum Gasteiger partial charge on any atom is 0.413 e. The Hall–Kier alpha value is -1.60. The summed E-state index contributed by atoms with van der Waals surface area (Å²) < 4.78 is 5.22. The van der Waals surface area contributed by atoms with Crippen LogP contribution in [0.4, 0.5) is 10.6 Å². The molecular formula is C13H23N5O2. The maximum absolute atomic E-state index is 11.7. The summed E-state index contributed by atoms with van der Waals surface area (Å²) in [5.41, 5.74) is 0.403. The van der Waals surface area contributed by atoms with Crippen molar-refractivity contribution in [1.82, 2.24) is 20.8 Å². The van der Waals surface area contributed by atoms with Gasteiger partial charge >= 0.3 is 6.09 Å². The molecule has 0 aromatic carbocycles. The number of anilines is 1. The van der Waals surface area contributed by atoms with Crippen LogP contribution in [0.25, 0.3) is 0 Å². The van der Waals surface area contributed by atoms with Crippen LogP contribution in [0.1, 0.15) is 32.8 Å². The Kier molecular flexibility index (Phi) is 4.61. The molecule has 112 valence electrons. The molecule has 1 unspecified atom stereocenters. The molecule has 1 aromatic rings. The van der Waals surface area contributed by atoms with E-state index in [4.69, 9.17) is 4.74 Å². The number of nitrogens with one attached hydrogen (secondary N) is 4. The number of aromatic nitrogens is 2. The van der Waals surface area contributed by atoms with Crippen LogP contribution >= 0.6 is 0 Å². The zero-order chi connectivity index (χ0) is 14.6. The van der Waals surface area contributed by atoms with Crippen molar-refractivity contribution in [3.05, 3.63) is 11.8 Å². The third-order valence-electron chi connectivity index (χ3n) is 2.99. The zero-order valence-corrected chi connectivity index (χ0v) is 12.2. The van der Waals surface area contributed by atoms with Gasteiger partial charge in [-0.25, -0.2) is 4.79 Å². The lowest BCUT2D eigenvalue weighted by atomic mass is 10.2. The number of hydrogen-bond donors (Lipinski definition) is 4. The minimum atomic E-state index is -0.516. The van der Waals surface area contributed by atoms with E-state index < -0.39 is 11.7 Å².